The standard InChI is InChI=1S/C18H20N2O2/c1-2-14-7-4-6-10-17(14)22-13-19-18(21)20-12-11-15-8-3-5-9-16(15)20/h3-10H,2,11-13H2,1H3,(H,19,21). The molecule has 2 aromatic rings. The number of rotatable bonds is 4. The third-order valence-corrected chi connectivity index (χ3v) is 3.94. The molecule has 0 aromatic heterocycles. The molecule has 2 aromatic carbocycles. The molecule has 0 atom stereocenters. The molecule has 1 heterocycles. The topological polar surface area (TPSA) is 41.6 Å². The highest BCUT2D eigenvalue weighted by Crippen LogP contribution is 2.27. The highest BCUT2D eigenvalue weighted by atomic mass is 16.5. The maximum Gasteiger partial charge on any atom is 0.324 e. The zero-order valence-corrected chi connectivity index (χ0v) is 12.7. The number of anilines is 1. The number of aryl methyl sites for hydroxylation is 1. The number of ether oxygens (including phenoxy) is 1. The van der Waals surface area contributed by atoms with E-state index in [9.17, 15) is 4.79 Å². The van der Waals surface area contributed by atoms with Gasteiger partial charge in [0.1, 0.15) is 5.75 Å². The summed E-state index contributed by atoms with van der Waals surface area (Å²) in [6.07, 6.45) is 1.81. The van der Waals surface area contributed by atoms with Crippen LogP contribution in [0.25, 0.3) is 0 Å². The lowest BCUT2D eigenvalue weighted by molar-refractivity contribution is 0.229. The van der Waals surface area contributed by atoms with E-state index in [2.05, 4.69) is 18.3 Å². The first-order chi connectivity index (χ1) is 10.8. The summed E-state index contributed by atoms with van der Waals surface area (Å²) in [7, 11) is 0. The van der Waals surface area contributed by atoms with Crippen molar-refractivity contribution in [3.05, 3.63) is 59.7 Å². The van der Waals surface area contributed by atoms with E-state index in [-0.39, 0.29) is 12.8 Å². The summed E-state index contributed by atoms with van der Waals surface area (Å²) in [5.41, 5.74) is 3.35. The molecule has 114 valence electrons. The Bertz CT molecular complexity index is 670. The predicted molar refractivity (Wildman–Crippen MR) is 87.3 cm³/mol. The summed E-state index contributed by atoms with van der Waals surface area (Å²) in [5, 5.41) is 2.83. The Hall–Kier alpha value is -2.49. The molecule has 4 heteroatoms. The number of nitrogens with zero attached hydrogens (tertiary/aromatic N) is 1. The van der Waals surface area contributed by atoms with Crippen molar-refractivity contribution in [1.29, 1.82) is 0 Å². The van der Waals surface area contributed by atoms with Crippen molar-refractivity contribution in [3.63, 3.8) is 0 Å². The van der Waals surface area contributed by atoms with Crippen LogP contribution in [-0.2, 0) is 12.8 Å². The second-order valence-corrected chi connectivity index (χ2v) is 5.26. The molecule has 1 N–H and O–H groups in total. The van der Waals surface area contributed by atoms with Crippen molar-refractivity contribution < 1.29 is 9.53 Å². The summed E-state index contributed by atoms with van der Waals surface area (Å²) in [6, 6.07) is 15.8. The minimum Gasteiger partial charge on any atom is -0.473 e. The lowest BCUT2D eigenvalue weighted by atomic mass is 10.1. The van der Waals surface area contributed by atoms with E-state index in [1.165, 1.54) is 5.56 Å². The van der Waals surface area contributed by atoms with E-state index >= 15 is 0 Å². The number of benzene rings is 2. The number of carbonyl (C=O) groups is 1. The fourth-order valence-corrected chi connectivity index (χ4v) is 2.76. The number of amides is 2. The lowest BCUT2D eigenvalue weighted by Gasteiger charge is -2.18. The van der Waals surface area contributed by atoms with Crippen LogP contribution >= 0.6 is 0 Å². The molecule has 0 saturated heterocycles. The van der Waals surface area contributed by atoms with Crippen molar-refractivity contribution in [3.8, 4) is 5.75 Å². The largest absolute Gasteiger partial charge is 0.473 e. The summed E-state index contributed by atoms with van der Waals surface area (Å²) in [5.74, 6) is 0.826. The molecule has 0 saturated carbocycles. The zero-order valence-electron chi connectivity index (χ0n) is 12.7. The van der Waals surface area contributed by atoms with E-state index in [1.54, 1.807) is 4.90 Å². The fraction of sp³-hybridized carbons (Fsp3) is 0.278. The van der Waals surface area contributed by atoms with Crippen molar-refractivity contribution in [2.75, 3.05) is 18.2 Å². The normalized spacial score (nSPS) is 12.9. The number of para-hydroxylation sites is 2. The Balaban J connectivity index is 1.57. The molecule has 4 nitrogen and oxygen atoms in total. The van der Waals surface area contributed by atoms with Gasteiger partial charge in [0.25, 0.3) is 0 Å². The summed E-state index contributed by atoms with van der Waals surface area (Å²) in [6.45, 7) is 2.98. The molecule has 3 rings (SSSR count). The van der Waals surface area contributed by atoms with Gasteiger partial charge >= 0.3 is 6.03 Å². The molecule has 22 heavy (non-hydrogen) atoms. The molecule has 0 spiro atoms. The van der Waals surface area contributed by atoms with Gasteiger partial charge in [-0.2, -0.15) is 0 Å². The average molecular weight is 296 g/mol. The van der Waals surface area contributed by atoms with Gasteiger partial charge in [-0.3, -0.25) is 4.90 Å². The van der Waals surface area contributed by atoms with Gasteiger partial charge in [0.2, 0.25) is 0 Å². The summed E-state index contributed by atoms with van der Waals surface area (Å²) >= 11 is 0. The van der Waals surface area contributed by atoms with E-state index in [0.29, 0.717) is 0 Å². The maximum absolute atomic E-state index is 12.3. The molecular formula is C18H20N2O2. The van der Waals surface area contributed by atoms with Gasteiger partial charge in [-0.1, -0.05) is 43.3 Å². The van der Waals surface area contributed by atoms with E-state index in [0.717, 1.165) is 36.4 Å². The Morgan fingerprint density at radius 2 is 1.95 bits per heavy atom. The number of carbonyl (C=O) groups excluding carboxylic acids is 1. The van der Waals surface area contributed by atoms with Crippen LogP contribution in [-0.4, -0.2) is 19.3 Å². The smallest absolute Gasteiger partial charge is 0.324 e. The minimum absolute atomic E-state index is 0.112. The molecule has 1 aliphatic heterocycles. The number of hydrogen-bond acceptors (Lipinski definition) is 2. The van der Waals surface area contributed by atoms with Gasteiger partial charge in [-0.05, 0) is 36.1 Å². The Morgan fingerprint density at radius 3 is 2.82 bits per heavy atom. The molecule has 0 unspecified atom stereocenters. The van der Waals surface area contributed by atoms with Crippen LogP contribution in [0.5, 0.6) is 5.75 Å². The minimum atomic E-state index is -0.112. The first-order valence-electron chi connectivity index (χ1n) is 7.63. The third-order valence-electron chi connectivity index (χ3n) is 3.94. The number of hydrogen-bond donors (Lipinski definition) is 1. The molecule has 0 bridgehead atoms. The lowest BCUT2D eigenvalue weighted by Crippen LogP contribution is -2.40. The first-order valence-corrected chi connectivity index (χ1v) is 7.63. The van der Waals surface area contributed by atoms with E-state index in [4.69, 9.17) is 4.74 Å². The monoisotopic (exact) mass is 296 g/mol. The van der Waals surface area contributed by atoms with E-state index in [1.807, 2.05) is 42.5 Å². The van der Waals surface area contributed by atoms with Gasteiger partial charge in [0.15, 0.2) is 6.73 Å². The van der Waals surface area contributed by atoms with Gasteiger partial charge in [0, 0.05) is 12.2 Å². The summed E-state index contributed by atoms with van der Waals surface area (Å²) < 4.78 is 5.69. The van der Waals surface area contributed by atoms with Crippen LogP contribution < -0.4 is 15.0 Å². The quantitative estimate of drug-likeness (QED) is 0.879. The Kier molecular flexibility index (Phi) is 4.28. The third kappa shape index (κ3) is 2.91. The molecule has 2 amide bonds. The molecule has 1 aliphatic rings. The molecular weight excluding hydrogens is 276 g/mol. The Labute approximate surface area is 130 Å². The zero-order chi connectivity index (χ0) is 15.4. The van der Waals surface area contributed by atoms with Crippen molar-refractivity contribution in [1.82, 2.24) is 5.32 Å². The van der Waals surface area contributed by atoms with Crippen molar-refractivity contribution >= 4 is 11.7 Å². The van der Waals surface area contributed by atoms with Crippen LogP contribution in [0.15, 0.2) is 48.5 Å². The van der Waals surface area contributed by atoms with Gasteiger partial charge in [-0.15, -0.1) is 0 Å². The van der Waals surface area contributed by atoms with Crippen LogP contribution in [0.2, 0.25) is 0 Å². The Morgan fingerprint density at radius 1 is 1.18 bits per heavy atom. The van der Waals surface area contributed by atoms with E-state index < -0.39 is 0 Å². The fourth-order valence-electron chi connectivity index (χ4n) is 2.76. The van der Waals surface area contributed by atoms with Crippen LogP contribution in [0.1, 0.15) is 18.1 Å². The number of nitrogens with one attached hydrogen (secondary N) is 1. The second-order valence-electron chi connectivity index (χ2n) is 5.26. The summed E-state index contributed by atoms with van der Waals surface area (Å²) in [4.78, 5) is 14.1. The number of fused-ring (bicyclic) bond motifs is 1. The molecule has 0 aliphatic carbocycles. The first kappa shape index (κ1) is 14.4. The van der Waals surface area contributed by atoms with Crippen LogP contribution in [0.3, 0.4) is 0 Å². The van der Waals surface area contributed by atoms with Gasteiger partial charge in [-0.25, -0.2) is 4.79 Å². The highest BCUT2D eigenvalue weighted by molar-refractivity contribution is 5.94. The second kappa shape index (κ2) is 6.52. The van der Waals surface area contributed by atoms with Gasteiger partial charge < -0.3 is 10.1 Å². The molecule has 0 radical (unpaired) electrons. The van der Waals surface area contributed by atoms with Crippen LogP contribution in [0, 0.1) is 0 Å². The highest BCUT2D eigenvalue weighted by Gasteiger charge is 2.23. The predicted octanol–water partition coefficient (Wildman–Crippen LogP) is 3.36. The van der Waals surface area contributed by atoms with Gasteiger partial charge in [0.05, 0.1) is 0 Å². The number of urea groups is 1. The van der Waals surface area contributed by atoms with Crippen LogP contribution in [0.4, 0.5) is 10.5 Å². The maximum atomic E-state index is 12.3. The SMILES string of the molecule is CCc1ccccc1OCNC(=O)N1CCc2ccccc21. The average Bonchev–Trinajstić information content (AvgIpc) is 2.99. The van der Waals surface area contributed by atoms with Crippen molar-refractivity contribution in [2.24, 2.45) is 0 Å². The van der Waals surface area contributed by atoms with Crippen molar-refractivity contribution in [2.45, 2.75) is 19.8 Å². The molecule has 0 fully saturated rings.